The van der Waals surface area contributed by atoms with Gasteiger partial charge in [0, 0.05) is 41.6 Å². The van der Waals surface area contributed by atoms with Crippen LogP contribution in [0.1, 0.15) is 75.6 Å². The van der Waals surface area contributed by atoms with Crippen molar-refractivity contribution in [2.75, 3.05) is 7.11 Å². The summed E-state index contributed by atoms with van der Waals surface area (Å²) in [5, 5.41) is 40.1. The maximum atomic E-state index is 11.2. The summed E-state index contributed by atoms with van der Waals surface area (Å²) in [6.07, 6.45) is 3.35. The van der Waals surface area contributed by atoms with Gasteiger partial charge in [0.1, 0.15) is 17.2 Å². The van der Waals surface area contributed by atoms with Crippen molar-refractivity contribution in [1.82, 2.24) is 0 Å². The van der Waals surface area contributed by atoms with E-state index in [9.17, 15) is 10.2 Å². The third-order valence-corrected chi connectivity index (χ3v) is 7.66. The molecule has 5 rings (SSSR count). The van der Waals surface area contributed by atoms with E-state index in [1.54, 1.807) is 19.5 Å². The summed E-state index contributed by atoms with van der Waals surface area (Å²) in [6, 6.07) is 33.7. The molecule has 5 aromatic rings. The monoisotopic (exact) mass is 759 g/mol. The van der Waals surface area contributed by atoms with Crippen LogP contribution in [0.5, 0.6) is 17.2 Å². The Bertz CT molecular complexity index is 2010. The number of phenols is 2. The number of hydrogen-bond acceptors (Lipinski definition) is 9. The Morgan fingerprint density at radius 2 is 0.981 bits per heavy atom. The van der Waals surface area contributed by atoms with Crippen molar-refractivity contribution in [3.8, 4) is 39.5 Å². The van der Waals surface area contributed by atoms with E-state index >= 15 is 0 Å². The van der Waals surface area contributed by atoms with E-state index in [4.69, 9.17) is 34.5 Å². The fraction of sp³-hybridized carbons (Fsp3) is 0.209. The molecule has 277 valence electrons. The first-order valence-corrected chi connectivity index (χ1v) is 16.7. The number of carbonyl (C=O) groups excluding carboxylic acids is 2. The molecule has 0 bridgehead atoms. The average Bonchev–Trinajstić information content (AvgIpc) is 3.11. The molecule has 0 aliphatic rings. The predicted molar refractivity (Wildman–Crippen MR) is 204 cm³/mol. The van der Waals surface area contributed by atoms with E-state index in [0.717, 1.165) is 47.2 Å². The molecule has 0 heterocycles. The number of carboxylic acids is 2. The van der Waals surface area contributed by atoms with Gasteiger partial charge in [-0.3, -0.25) is 9.98 Å². The first-order chi connectivity index (χ1) is 24.7. The molecule has 0 fully saturated rings. The second kappa shape index (κ2) is 21.0. The molecule has 0 saturated carbocycles. The quantitative estimate of drug-likeness (QED) is 0.146. The molecule has 2 N–H and O–H groups in total. The van der Waals surface area contributed by atoms with Crippen LogP contribution >= 0.6 is 0 Å². The zero-order chi connectivity index (χ0) is 38.4. The fourth-order valence-electron chi connectivity index (χ4n) is 5.15. The van der Waals surface area contributed by atoms with E-state index in [1.165, 1.54) is 0 Å². The predicted octanol–water partition coefficient (Wildman–Crippen LogP) is 7.70. The van der Waals surface area contributed by atoms with Gasteiger partial charge in [0.05, 0.1) is 18.5 Å². The van der Waals surface area contributed by atoms with Crippen molar-refractivity contribution >= 4 is 35.7 Å². The number of methoxy groups -OCH3 is 1. The van der Waals surface area contributed by atoms with Crippen molar-refractivity contribution in [3.63, 3.8) is 0 Å². The number of hydrogen-bond donors (Lipinski definition) is 2. The first kappa shape index (κ1) is 43.5. The number of benzene rings is 5. The molecule has 53 heavy (non-hydrogen) atoms. The smallest absolute Gasteiger partial charge is 0.550 e. The zero-order valence-corrected chi connectivity index (χ0v) is 31.8. The Morgan fingerprint density at radius 1 is 0.604 bits per heavy atom. The summed E-state index contributed by atoms with van der Waals surface area (Å²) in [4.78, 5) is 27.3. The molecule has 0 aliphatic heterocycles. The second-order valence-electron chi connectivity index (χ2n) is 12.4. The van der Waals surface area contributed by atoms with Crippen LogP contribution < -0.4 is 14.9 Å². The summed E-state index contributed by atoms with van der Waals surface area (Å²) in [5.74, 6) is -0.858. The van der Waals surface area contributed by atoms with Crippen molar-refractivity contribution in [2.45, 2.75) is 53.4 Å². The van der Waals surface area contributed by atoms with E-state index in [0.29, 0.717) is 28.3 Å². The summed E-state index contributed by atoms with van der Waals surface area (Å²) >= 11 is 0. The number of rotatable bonds is 9. The van der Waals surface area contributed by atoms with Crippen molar-refractivity contribution in [1.29, 1.82) is 0 Å². The normalized spacial score (nSPS) is 10.7. The molecule has 5 aromatic carbocycles. The van der Waals surface area contributed by atoms with Crippen molar-refractivity contribution in [2.24, 2.45) is 9.98 Å². The van der Waals surface area contributed by atoms with Crippen molar-refractivity contribution < 1.29 is 51.5 Å². The number of nitrogens with zero attached hydrogens (tertiary/aromatic N) is 2. The number of phenolic OH excluding ortho intramolecular Hbond substituents is 2. The molecule has 10 heteroatoms. The molecule has 0 unspecified atom stereocenters. The van der Waals surface area contributed by atoms with Crippen LogP contribution in [0.25, 0.3) is 22.3 Å². The number of carboxylic acid groups (broad SMARTS) is 2. The first-order valence-electron chi connectivity index (χ1n) is 16.7. The van der Waals surface area contributed by atoms with Crippen LogP contribution in [-0.2, 0) is 26.4 Å². The van der Waals surface area contributed by atoms with Gasteiger partial charge < -0.3 is 34.8 Å². The maximum Gasteiger partial charge on any atom is 2.00 e. The van der Waals surface area contributed by atoms with Gasteiger partial charge in [-0.25, -0.2) is 0 Å². The molecule has 0 amide bonds. The minimum Gasteiger partial charge on any atom is -0.550 e. The van der Waals surface area contributed by atoms with Gasteiger partial charge in [0.15, 0.2) is 0 Å². The maximum absolute atomic E-state index is 11.2. The van der Waals surface area contributed by atoms with E-state index in [2.05, 4.69) is 52.0 Å². The van der Waals surface area contributed by atoms with Crippen LogP contribution in [0.15, 0.2) is 113 Å². The third-order valence-electron chi connectivity index (χ3n) is 7.66. The SMILES string of the molecule is CC(=O)[O-].CC(=O)[O-].COc1ccc(N=Cc2cc(-c3ccccc3)cc(C(C)C)c2O)c(N=Cc2cc(-c3ccccc3)cc(C(C)C)c2O)c1.[Co+2]. The minimum atomic E-state index is -1.08. The van der Waals surface area contributed by atoms with Gasteiger partial charge in [0.2, 0.25) is 0 Å². The molecule has 0 atom stereocenters. The van der Waals surface area contributed by atoms with Gasteiger partial charge in [-0.1, -0.05) is 88.4 Å². The molecule has 0 saturated heterocycles. The second-order valence-corrected chi connectivity index (χ2v) is 12.4. The Hall–Kier alpha value is -5.71. The van der Waals surface area contributed by atoms with Crippen LogP contribution in [0.4, 0.5) is 11.4 Å². The van der Waals surface area contributed by atoms with Crippen molar-refractivity contribution in [3.05, 3.63) is 125 Å². The number of aliphatic imine (C=N–C) groups is 2. The summed E-state index contributed by atoms with van der Waals surface area (Å²) in [7, 11) is 1.61. The number of aliphatic carboxylic acids is 2. The van der Waals surface area contributed by atoms with Crippen LogP contribution in [-0.4, -0.2) is 41.7 Å². The topological polar surface area (TPSA) is 155 Å². The van der Waals surface area contributed by atoms with Gasteiger partial charge in [-0.15, -0.1) is 0 Å². The van der Waals surface area contributed by atoms with Gasteiger partial charge in [-0.05, 0) is 95.5 Å². The van der Waals surface area contributed by atoms with Crippen LogP contribution in [0.2, 0.25) is 0 Å². The number of carbonyl (C=O) groups is 2. The number of ether oxygens (including phenoxy) is 1. The summed E-state index contributed by atoms with van der Waals surface area (Å²) in [5.41, 5.74) is 8.26. The largest absolute Gasteiger partial charge is 2.00 e. The average molecular weight is 760 g/mol. The Kier molecular flexibility index (Phi) is 17.2. The molecule has 0 aliphatic carbocycles. The van der Waals surface area contributed by atoms with E-state index in [1.807, 2.05) is 78.9 Å². The molecule has 0 aromatic heterocycles. The van der Waals surface area contributed by atoms with Crippen LogP contribution in [0, 0.1) is 0 Å². The van der Waals surface area contributed by atoms with Crippen LogP contribution in [0.3, 0.4) is 0 Å². The molecule has 0 spiro atoms. The third kappa shape index (κ3) is 13.1. The fourth-order valence-corrected chi connectivity index (χ4v) is 5.15. The Labute approximate surface area is 321 Å². The number of aromatic hydroxyl groups is 2. The van der Waals surface area contributed by atoms with E-state index in [-0.39, 0.29) is 40.1 Å². The van der Waals surface area contributed by atoms with Gasteiger partial charge >= 0.3 is 16.8 Å². The van der Waals surface area contributed by atoms with Gasteiger partial charge in [0.25, 0.3) is 0 Å². The molecule has 9 nitrogen and oxygen atoms in total. The Morgan fingerprint density at radius 3 is 1.34 bits per heavy atom. The standard InChI is InChI=1S/C39H38N2O3.2C2H4O2.Co/c1-25(2)34-20-29(27-12-8-6-9-13-27)18-31(38(34)42)23-40-36-17-16-33(44-5)22-37(36)41-24-32-19-30(28-14-10-7-11-15-28)21-35(26(3)4)39(32)43;2*1-2(3)4;/h6-26,42-43H,1-5H3;2*1H3,(H,3,4);/q;;;+2/p-2. The molecular formula is C43H44CoN2O7. The molecule has 1 radical (unpaired) electrons. The summed E-state index contributed by atoms with van der Waals surface area (Å²) < 4.78 is 5.49. The van der Waals surface area contributed by atoms with Gasteiger partial charge in [-0.2, -0.15) is 0 Å². The zero-order valence-electron chi connectivity index (χ0n) is 30.8. The molecular weight excluding hydrogens is 715 g/mol. The summed E-state index contributed by atoms with van der Waals surface area (Å²) in [6.45, 7) is 10.2. The van der Waals surface area contributed by atoms with E-state index < -0.39 is 11.9 Å². The Balaban J connectivity index is 0.000000982. The minimum absolute atomic E-state index is 0.